The fourth-order valence-electron chi connectivity index (χ4n) is 3.03. The normalized spacial score (nSPS) is 11.8. The van der Waals surface area contributed by atoms with Crippen LogP contribution >= 0.6 is 11.3 Å². The molecule has 21 heavy (non-hydrogen) atoms. The number of aromatic nitrogens is 3. The lowest BCUT2D eigenvalue weighted by Gasteiger charge is -1.95. The minimum atomic E-state index is 1.18. The van der Waals surface area contributed by atoms with Gasteiger partial charge in [-0.3, -0.25) is 0 Å². The Morgan fingerprint density at radius 2 is 1.86 bits per heavy atom. The summed E-state index contributed by atoms with van der Waals surface area (Å²) >= 11 is 1.81. The van der Waals surface area contributed by atoms with Gasteiger partial charge in [0, 0.05) is 16.6 Å². The van der Waals surface area contributed by atoms with Gasteiger partial charge in [0.2, 0.25) is 0 Å². The van der Waals surface area contributed by atoms with E-state index in [0.29, 0.717) is 0 Å². The van der Waals surface area contributed by atoms with Gasteiger partial charge in [-0.05, 0) is 39.3 Å². The predicted molar refractivity (Wildman–Crippen MR) is 88.1 cm³/mol. The van der Waals surface area contributed by atoms with Gasteiger partial charge in [0.15, 0.2) is 5.69 Å². The highest BCUT2D eigenvalue weighted by Crippen LogP contribution is 2.32. The van der Waals surface area contributed by atoms with Crippen molar-refractivity contribution >= 4 is 27.2 Å². The summed E-state index contributed by atoms with van der Waals surface area (Å²) in [5.41, 5.74) is 7.46. The number of hydrogen-bond acceptors (Lipinski definition) is 1. The molecule has 0 saturated carbocycles. The monoisotopic (exact) mass is 296 g/mol. The van der Waals surface area contributed by atoms with Crippen LogP contribution in [0.2, 0.25) is 0 Å². The van der Waals surface area contributed by atoms with Gasteiger partial charge in [-0.15, -0.1) is 0 Å². The molecule has 4 rings (SSSR count). The lowest BCUT2D eigenvalue weighted by molar-refractivity contribution is -0.513. The van der Waals surface area contributed by atoms with Crippen molar-refractivity contribution in [2.24, 2.45) is 0 Å². The summed E-state index contributed by atoms with van der Waals surface area (Å²) in [7, 11) is 0. The fourth-order valence-corrected chi connectivity index (χ4v) is 4.01. The first-order chi connectivity index (χ1) is 10.0. The molecule has 106 valence electrons. The number of fused-ring (bicyclic) bond motifs is 2. The van der Waals surface area contributed by atoms with Crippen molar-refractivity contribution in [1.29, 1.82) is 0 Å². The Bertz CT molecular complexity index is 985. The Hall–Kier alpha value is -2.07. The van der Waals surface area contributed by atoms with Crippen LogP contribution in [0.25, 0.3) is 27.1 Å². The molecule has 0 aliphatic rings. The van der Waals surface area contributed by atoms with E-state index >= 15 is 0 Å². The van der Waals surface area contributed by atoms with Gasteiger partial charge in [-0.2, -0.15) is 4.40 Å². The highest BCUT2D eigenvalue weighted by Gasteiger charge is 2.21. The molecular weight excluding hydrogens is 278 g/mol. The standard InChI is InChI=1S/C17H17N3S/c1-9-5-6-13-14(7-9)18-10(2)16(13)15-8-20-11(3)12(4)21-17(20)19-15/h5-8,18H,1-4H3/p+1. The third-order valence-electron chi connectivity index (χ3n) is 4.25. The Kier molecular flexibility index (Phi) is 2.54. The third kappa shape index (κ3) is 1.75. The predicted octanol–water partition coefficient (Wildman–Crippen LogP) is 4.20. The average molecular weight is 296 g/mol. The molecule has 3 heterocycles. The molecule has 4 heteroatoms. The van der Waals surface area contributed by atoms with Crippen molar-refractivity contribution < 1.29 is 4.40 Å². The van der Waals surface area contributed by atoms with E-state index in [1.54, 1.807) is 0 Å². The van der Waals surface area contributed by atoms with Gasteiger partial charge in [-0.25, -0.2) is 4.98 Å². The molecule has 0 amide bonds. The number of imidazole rings is 1. The first-order valence-corrected chi connectivity index (χ1v) is 7.96. The van der Waals surface area contributed by atoms with Crippen molar-refractivity contribution in [2.75, 3.05) is 0 Å². The highest BCUT2D eigenvalue weighted by atomic mass is 32.1. The number of thiazole rings is 1. The molecule has 0 radical (unpaired) electrons. The van der Waals surface area contributed by atoms with E-state index in [4.69, 9.17) is 0 Å². The summed E-state index contributed by atoms with van der Waals surface area (Å²) in [6.07, 6.45) is 2.21. The molecule has 0 saturated heterocycles. The molecule has 0 atom stereocenters. The number of aromatic amines is 2. The van der Waals surface area contributed by atoms with Crippen LogP contribution in [-0.4, -0.2) is 9.97 Å². The number of aryl methyl sites for hydroxylation is 4. The lowest BCUT2D eigenvalue weighted by atomic mass is 10.1. The van der Waals surface area contributed by atoms with Crippen molar-refractivity contribution in [1.82, 2.24) is 9.97 Å². The second-order valence-electron chi connectivity index (χ2n) is 5.76. The van der Waals surface area contributed by atoms with Crippen LogP contribution in [0, 0.1) is 27.7 Å². The molecule has 0 fully saturated rings. The Labute approximate surface area is 127 Å². The summed E-state index contributed by atoms with van der Waals surface area (Å²) in [6.45, 7) is 8.60. The molecule has 4 aromatic rings. The van der Waals surface area contributed by atoms with Gasteiger partial charge in [0.25, 0.3) is 0 Å². The Morgan fingerprint density at radius 1 is 1.05 bits per heavy atom. The van der Waals surface area contributed by atoms with Crippen LogP contribution < -0.4 is 4.40 Å². The second-order valence-corrected chi connectivity index (χ2v) is 6.96. The van der Waals surface area contributed by atoms with Crippen LogP contribution in [0.1, 0.15) is 21.8 Å². The smallest absolute Gasteiger partial charge is 0.344 e. The van der Waals surface area contributed by atoms with Crippen molar-refractivity contribution in [2.45, 2.75) is 27.7 Å². The van der Waals surface area contributed by atoms with Gasteiger partial charge in [-0.1, -0.05) is 23.5 Å². The summed E-state index contributed by atoms with van der Waals surface area (Å²) in [6, 6.07) is 6.59. The van der Waals surface area contributed by atoms with Gasteiger partial charge >= 0.3 is 4.96 Å². The number of nitrogens with zero attached hydrogens (tertiary/aromatic N) is 1. The largest absolute Gasteiger partial charge is 0.358 e. The van der Waals surface area contributed by atoms with Crippen LogP contribution in [0.5, 0.6) is 0 Å². The highest BCUT2D eigenvalue weighted by molar-refractivity contribution is 7.16. The Balaban J connectivity index is 2.01. The van der Waals surface area contributed by atoms with Crippen LogP contribution in [0.4, 0.5) is 0 Å². The van der Waals surface area contributed by atoms with Crippen molar-refractivity contribution in [3.05, 3.63) is 46.2 Å². The quantitative estimate of drug-likeness (QED) is 0.494. The molecule has 2 N–H and O–H groups in total. The minimum Gasteiger partial charge on any atom is -0.358 e. The maximum Gasteiger partial charge on any atom is 0.344 e. The summed E-state index contributed by atoms with van der Waals surface area (Å²) in [5, 5.41) is 1.28. The second kappa shape index (κ2) is 4.21. The molecule has 3 aromatic heterocycles. The fraction of sp³-hybridized carbons (Fsp3) is 0.235. The van der Waals surface area contributed by atoms with Crippen LogP contribution in [-0.2, 0) is 0 Å². The summed E-state index contributed by atoms with van der Waals surface area (Å²) < 4.78 is 2.25. The maximum absolute atomic E-state index is 3.57. The SMILES string of the molecule is Cc1ccc2c(-c3c[n+]4c(C)c(C)sc4[nH]3)c(C)[nH]c2c1. The van der Waals surface area contributed by atoms with E-state index < -0.39 is 0 Å². The average Bonchev–Trinajstić information content (AvgIpc) is 3.03. The van der Waals surface area contributed by atoms with E-state index in [1.165, 1.54) is 48.9 Å². The zero-order valence-electron chi connectivity index (χ0n) is 12.7. The van der Waals surface area contributed by atoms with Gasteiger partial charge in [0.1, 0.15) is 11.9 Å². The molecule has 0 aliphatic heterocycles. The first-order valence-electron chi connectivity index (χ1n) is 7.14. The molecular formula is C17H18N3S+. The van der Waals surface area contributed by atoms with E-state index in [0.717, 1.165) is 0 Å². The molecule has 0 aliphatic carbocycles. The number of nitrogens with one attached hydrogen (secondary N) is 2. The molecule has 1 aromatic carbocycles. The molecule has 0 unspecified atom stereocenters. The molecule has 0 spiro atoms. The molecule has 0 bridgehead atoms. The minimum absolute atomic E-state index is 1.18. The lowest BCUT2D eigenvalue weighted by Crippen LogP contribution is -2.18. The van der Waals surface area contributed by atoms with Crippen molar-refractivity contribution in [3.63, 3.8) is 0 Å². The maximum atomic E-state index is 3.57. The molecule has 3 nitrogen and oxygen atoms in total. The topological polar surface area (TPSA) is 35.7 Å². The first kappa shape index (κ1) is 12.7. The zero-order chi connectivity index (χ0) is 14.7. The van der Waals surface area contributed by atoms with Crippen molar-refractivity contribution in [3.8, 4) is 11.3 Å². The van der Waals surface area contributed by atoms with Gasteiger partial charge < -0.3 is 4.98 Å². The van der Waals surface area contributed by atoms with Gasteiger partial charge in [0.05, 0.1) is 10.4 Å². The number of benzene rings is 1. The number of hydrogen-bond donors (Lipinski definition) is 2. The van der Waals surface area contributed by atoms with E-state index in [2.05, 4.69) is 66.5 Å². The van der Waals surface area contributed by atoms with E-state index in [-0.39, 0.29) is 0 Å². The number of rotatable bonds is 1. The van der Waals surface area contributed by atoms with E-state index in [9.17, 15) is 0 Å². The van der Waals surface area contributed by atoms with Crippen LogP contribution in [0.15, 0.2) is 24.4 Å². The number of H-pyrrole nitrogens is 2. The zero-order valence-corrected chi connectivity index (χ0v) is 13.5. The summed E-state index contributed by atoms with van der Waals surface area (Å²) in [4.78, 5) is 9.63. The Morgan fingerprint density at radius 3 is 2.62 bits per heavy atom. The van der Waals surface area contributed by atoms with E-state index in [1.807, 2.05) is 11.3 Å². The summed E-state index contributed by atoms with van der Waals surface area (Å²) in [5.74, 6) is 0. The van der Waals surface area contributed by atoms with Crippen LogP contribution in [0.3, 0.4) is 0 Å². The third-order valence-corrected chi connectivity index (χ3v) is 5.34.